The Morgan fingerprint density at radius 2 is 1.94 bits per heavy atom. The van der Waals surface area contributed by atoms with Crippen LogP contribution in [-0.4, -0.2) is 8.76 Å². The van der Waals surface area contributed by atoms with Crippen molar-refractivity contribution < 1.29 is 10.2 Å². The number of benzene rings is 1. The van der Waals surface area contributed by atoms with Gasteiger partial charge in [0, 0.05) is 5.75 Å². The second kappa shape index (κ2) is 5.78. The lowest BCUT2D eigenvalue weighted by atomic mass is 9.96. The van der Waals surface area contributed by atoms with Gasteiger partial charge in [-0.3, -0.25) is 4.21 Å². The highest BCUT2D eigenvalue weighted by Gasteiger charge is 2.21. The third-order valence-corrected chi connectivity index (χ3v) is 4.20. The summed E-state index contributed by atoms with van der Waals surface area (Å²) in [4.78, 5) is 0. The van der Waals surface area contributed by atoms with Gasteiger partial charge in [0.05, 0.1) is 0 Å². The van der Waals surface area contributed by atoms with Crippen molar-refractivity contribution in [2.75, 3.05) is 0 Å². The maximum absolute atomic E-state index is 10.6. The molecule has 0 aliphatic heterocycles. The van der Waals surface area contributed by atoms with Gasteiger partial charge in [0.25, 0.3) is 0 Å². The van der Waals surface area contributed by atoms with Crippen molar-refractivity contribution in [1.29, 1.82) is 0 Å². The SMILES string of the molecule is CC1CCC(Cc2ccc(CS(=O)[O-])cc2)C1.[H+]. The minimum atomic E-state index is -1.98. The van der Waals surface area contributed by atoms with Crippen molar-refractivity contribution in [1.82, 2.24) is 0 Å². The molecule has 2 nitrogen and oxygen atoms in total. The summed E-state index contributed by atoms with van der Waals surface area (Å²) in [5.74, 6) is 1.83. The zero-order valence-electron chi connectivity index (χ0n) is 11.2. The summed E-state index contributed by atoms with van der Waals surface area (Å²) < 4.78 is 21.1. The Labute approximate surface area is 107 Å². The molecule has 0 amide bonds. The first kappa shape index (κ1) is 12.8. The monoisotopic (exact) mass is 252 g/mol. The van der Waals surface area contributed by atoms with Crippen molar-refractivity contribution in [3.05, 3.63) is 35.4 Å². The second-order valence-electron chi connectivity index (χ2n) is 5.25. The smallest absolute Gasteiger partial charge is 0.772 e. The van der Waals surface area contributed by atoms with Crippen LogP contribution in [-0.2, 0) is 23.3 Å². The molecule has 3 unspecified atom stereocenters. The highest BCUT2D eigenvalue weighted by molar-refractivity contribution is 7.78. The van der Waals surface area contributed by atoms with E-state index in [1.54, 1.807) is 0 Å². The lowest BCUT2D eigenvalue weighted by Crippen LogP contribution is -2.00. The fraction of sp³-hybridized carbons (Fsp3) is 0.571. The molecule has 1 aliphatic carbocycles. The van der Waals surface area contributed by atoms with Gasteiger partial charge in [-0.1, -0.05) is 48.7 Å². The molecule has 0 bridgehead atoms. The van der Waals surface area contributed by atoms with Gasteiger partial charge < -0.3 is 4.55 Å². The van der Waals surface area contributed by atoms with E-state index in [1.807, 2.05) is 12.1 Å². The Kier molecular flexibility index (Phi) is 4.35. The van der Waals surface area contributed by atoms with Gasteiger partial charge in [0.1, 0.15) is 0 Å². The molecule has 0 radical (unpaired) electrons. The summed E-state index contributed by atoms with van der Waals surface area (Å²) in [5.41, 5.74) is 2.21. The number of rotatable bonds is 4. The fourth-order valence-electron chi connectivity index (χ4n) is 2.75. The van der Waals surface area contributed by atoms with Gasteiger partial charge in [-0.05, 0) is 42.2 Å². The molecule has 0 saturated heterocycles. The molecule has 0 heterocycles. The molecular formula is C14H20O2S. The van der Waals surface area contributed by atoms with E-state index in [2.05, 4.69) is 19.1 Å². The molecule has 1 aromatic carbocycles. The van der Waals surface area contributed by atoms with Gasteiger partial charge in [-0.2, -0.15) is 0 Å². The van der Waals surface area contributed by atoms with Crippen LogP contribution in [0, 0.1) is 11.8 Å². The molecule has 17 heavy (non-hydrogen) atoms. The predicted molar refractivity (Wildman–Crippen MR) is 70.4 cm³/mol. The third-order valence-electron chi connectivity index (χ3n) is 3.64. The topological polar surface area (TPSA) is 40.1 Å². The minimum absolute atomic E-state index is 0. The average molecular weight is 252 g/mol. The summed E-state index contributed by atoms with van der Waals surface area (Å²) in [5, 5.41) is 0. The molecule has 0 aromatic heterocycles. The van der Waals surface area contributed by atoms with E-state index in [-0.39, 0.29) is 7.18 Å². The molecule has 94 valence electrons. The first-order valence-corrected chi connectivity index (χ1v) is 7.51. The van der Waals surface area contributed by atoms with E-state index >= 15 is 0 Å². The van der Waals surface area contributed by atoms with Gasteiger partial charge in [-0.15, -0.1) is 0 Å². The third kappa shape index (κ3) is 3.93. The standard InChI is InChI=1S/C14H20O2S/c1-11-2-3-14(8-11)9-12-4-6-13(7-5-12)10-17(15)16/h4-7,11,14H,2-3,8-10H2,1H3,(H,15,16). The van der Waals surface area contributed by atoms with E-state index in [0.29, 0.717) is 0 Å². The lowest BCUT2D eigenvalue weighted by Gasteiger charge is -2.10. The summed E-state index contributed by atoms with van der Waals surface area (Å²) in [6.07, 6.45) is 5.18. The van der Waals surface area contributed by atoms with E-state index < -0.39 is 11.1 Å². The molecule has 2 rings (SSSR count). The Bertz CT molecular complexity index is 391. The van der Waals surface area contributed by atoms with Crippen LogP contribution in [0.15, 0.2) is 24.3 Å². The van der Waals surface area contributed by atoms with Crippen LogP contribution >= 0.6 is 0 Å². The quantitative estimate of drug-likeness (QED) is 0.772. The Balaban J connectivity index is 0.00000162. The summed E-state index contributed by atoms with van der Waals surface area (Å²) in [6, 6.07) is 8.02. The van der Waals surface area contributed by atoms with Crippen molar-refractivity contribution >= 4 is 11.1 Å². The number of hydrogen-bond acceptors (Lipinski definition) is 2. The van der Waals surface area contributed by atoms with E-state index in [4.69, 9.17) is 0 Å². The molecular weight excluding hydrogens is 232 g/mol. The first-order chi connectivity index (χ1) is 8.13. The van der Waals surface area contributed by atoms with Crippen molar-refractivity contribution in [2.45, 2.75) is 38.4 Å². The summed E-state index contributed by atoms with van der Waals surface area (Å²) in [6.45, 7) is 2.33. The van der Waals surface area contributed by atoms with Crippen LogP contribution in [0.25, 0.3) is 0 Å². The van der Waals surface area contributed by atoms with E-state index in [0.717, 1.165) is 23.8 Å². The van der Waals surface area contributed by atoms with E-state index in [9.17, 15) is 8.76 Å². The molecule has 1 fully saturated rings. The summed E-state index contributed by atoms with van der Waals surface area (Å²) >= 11 is -1.98. The summed E-state index contributed by atoms with van der Waals surface area (Å²) in [7, 11) is 0. The molecule has 3 heteroatoms. The zero-order valence-corrected chi connectivity index (χ0v) is 11.0. The Morgan fingerprint density at radius 3 is 2.47 bits per heavy atom. The van der Waals surface area contributed by atoms with Crippen molar-refractivity contribution in [3.63, 3.8) is 0 Å². The fourth-order valence-corrected chi connectivity index (χ4v) is 3.22. The Hall–Kier alpha value is -0.670. The molecule has 1 aliphatic rings. The maximum atomic E-state index is 10.6. The molecule has 1 saturated carbocycles. The van der Waals surface area contributed by atoms with Crippen molar-refractivity contribution in [2.24, 2.45) is 11.8 Å². The van der Waals surface area contributed by atoms with Gasteiger partial charge in [0.2, 0.25) is 0 Å². The van der Waals surface area contributed by atoms with Gasteiger partial charge >= 0.3 is 1.43 Å². The maximum Gasteiger partial charge on any atom is 1.00 e. The van der Waals surface area contributed by atoms with Crippen LogP contribution < -0.4 is 0 Å². The van der Waals surface area contributed by atoms with Gasteiger partial charge in [0.15, 0.2) is 0 Å². The van der Waals surface area contributed by atoms with Crippen molar-refractivity contribution in [3.8, 4) is 0 Å². The van der Waals surface area contributed by atoms with Crippen LogP contribution in [0.1, 0.15) is 38.7 Å². The van der Waals surface area contributed by atoms with Crippen LogP contribution in [0.2, 0.25) is 0 Å². The minimum Gasteiger partial charge on any atom is -0.772 e. The van der Waals surface area contributed by atoms with Gasteiger partial charge in [-0.25, -0.2) is 0 Å². The van der Waals surface area contributed by atoms with Crippen LogP contribution in [0.3, 0.4) is 0 Å². The number of hydrogen-bond donors (Lipinski definition) is 0. The largest absolute Gasteiger partial charge is 1.00 e. The molecule has 1 aromatic rings. The molecule has 3 atom stereocenters. The highest BCUT2D eigenvalue weighted by Crippen LogP contribution is 2.32. The van der Waals surface area contributed by atoms with E-state index in [1.165, 1.54) is 24.8 Å². The Morgan fingerprint density at radius 1 is 1.29 bits per heavy atom. The second-order valence-corrected chi connectivity index (χ2v) is 6.15. The first-order valence-electron chi connectivity index (χ1n) is 6.27. The van der Waals surface area contributed by atoms with Crippen LogP contribution in [0.5, 0.6) is 0 Å². The lowest BCUT2D eigenvalue weighted by molar-refractivity contribution is 0.513. The molecule has 0 N–H and O–H groups in total. The predicted octanol–water partition coefficient (Wildman–Crippen LogP) is 3.16. The molecule has 0 spiro atoms. The average Bonchev–Trinajstić information content (AvgIpc) is 2.66. The normalized spacial score (nSPS) is 26.0. The highest BCUT2D eigenvalue weighted by atomic mass is 32.2. The zero-order chi connectivity index (χ0) is 12.3. The van der Waals surface area contributed by atoms with Crippen LogP contribution in [0.4, 0.5) is 0 Å².